The highest BCUT2D eigenvalue weighted by Gasteiger charge is 2.29. The maximum absolute atomic E-state index is 12.8. The maximum atomic E-state index is 12.8. The molecule has 0 aliphatic carbocycles. The van der Waals surface area contributed by atoms with Crippen LogP contribution in [0.25, 0.3) is 0 Å². The molecule has 0 saturated carbocycles. The number of hydrogen-bond acceptors (Lipinski definition) is 4. The second kappa shape index (κ2) is 8.59. The largest absolute Gasteiger partial charge is 0.364 e. The smallest absolute Gasteiger partial charge is 0.251 e. The molecule has 0 bridgehead atoms. The van der Waals surface area contributed by atoms with Gasteiger partial charge in [-0.3, -0.25) is 9.59 Å². The van der Waals surface area contributed by atoms with Crippen molar-refractivity contribution in [2.45, 2.75) is 31.5 Å². The first-order chi connectivity index (χ1) is 11.1. The Balaban J connectivity index is 1.59. The van der Waals surface area contributed by atoms with E-state index >= 15 is 0 Å². The monoisotopic (exact) mass is 323 g/mol. The molecule has 6 nitrogen and oxygen atoms in total. The fourth-order valence-corrected chi connectivity index (χ4v) is 2.39. The van der Waals surface area contributed by atoms with Crippen LogP contribution < -0.4 is 16.4 Å². The van der Waals surface area contributed by atoms with Crippen molar-refractivity contribution in [3.63, 3.8) is 0 Å². The molecule has 4 N–H and O–H groups in total. The summed E-state index contributed by atoms with van der Waals surface area (Å²) >= 11 is 0. The van der Waals surface area contributed by atoms with E-state index in [0.29, 0.717) is 38.0 Å². The number of nitrogens with two attached hydrogens (primary N) is 1. The summed E-state index contributed by atoms with van der Waals surface area (Å²) in [6, 6.07) is 5.34. The van der Waals surface area contributed by atoms with Crippen molar-refractivity contribution in [3.05, 3.63) is 35.6 Å². The van der Waals surface area contributed by atoms with Crippen LogP contribution in [0.1, 0.15) is 29.6 Å². The Morgan fingerprint density at radius 1 is 1.17 bits per heavy atom. The van der Waals surface area contributed by atoms with E-state index in [2.05, 4.69) is 10.6 Å². The zero-order chi connectivity index (χ0) is 16.7. The third kappa shape index (κ3) is 5.30. The Morgan fingerprint density at radius 2 is 1.87 bits per heavy atom. The SMILES string of the molecule is NC[C@H]1CC[C@@H](C(=O)NCCCNC(=O)c2ccc(F)cc2)O1. The van der Waals surface area contributed by atoms with Crippen LogP contribution in [-0.4, -0.2) is 43.7 Å². The lowest BCUT2D eigenvalue weighted by atomic mass is 10.2. The quantitative estimate of drug-likeness (QED) is 0.640. The molecule has 23 heavy (non-hydrogen) atoms. The van der Waals surface area contributed by atoms with E-state index in [1.54, 1.807) is 0 Å². The molecular weight excluding hydrogens is 301 g/mol. The minimum Gasteiger partial charge on any atom is -0.364 e. The van der Waals surface area contributed by atoms with E-state index in [1.165, 1.54) is 24.3 Å². The summed E-state index contributed by atoms with van der Waals surface area (Å²) < 4.78 is 18.3. The van der Waals surface area contributed by atoms with E-state index in [4.69, 9.17) is 10.5 Å². The molecule has 0 aromatic heterocycles. The molecule has 1 aromatic rings. The molecule has 126 valence electrons. The number of benzene rings is 1. The van der Waals surface area contributed by atoms with Gasteiger partial charge in [-0.1, -0.05) is 0 Å². The number of carbonyl (C=O) groups is 2. The predicted octanol–water partition coefficient (Wildman–Crippen LogP) is 0.568. The second-order valence-electron chi connectivity index (χ2n) is 5.47. The van der Waals surface area contributed by atoms with Gasteiger partial charge in [0.25, 0.3) is 5.91 Å². The lowest BCUT2D eigenvalue weighted by molar-refractivity contribution is -0.131. The van der Waals surface area contributed by atoms with E-state index < -0.39 is 6.10 Å². The molecular formula is C16H22FN3O3. The van der Waals surface area contributed by atoms with Crippen LogP contribution in [-0.2, 0) is 9.53 Å². The first-order valence-electron chi connectivity index (χ1n) is 7.77. The van der Waals surface area contributed by atoms with E-state index in [1.807, 2.05) is 0 Å². The van der Waals surface area contributed by atoms with Crippen molar-refractivity contribution < 1.29 is 18.7 Å². The minimum absolute atomic E-state index is 0.0271. The number of amides is 2. The van der Waals surface area contributed by atoms with Gasteiger partial charge in [0.2, 0.25) is 5.91 Å². The summed E-state index contributed by atoms with van der Waals surface area (Å²) in [6.45, 7) is 1.31. The Kier molecular flexibility index (Phi) is 6.49. The number of hydrogen-bond donors (Lipinski definition) is 3. The molecule has 2 rings (SSSR count). The summed E-state index contributed by atoms with van der Waals surface area (Å²) in [6.07, 6.45) is 1.65. The van der Waals surface area contributed by atoms with Gasteiger partial charge in [-0.15, -0.1) is 0 Å². The maximum Gasteiger partial charge on any atom is 0.251 e. The standard InChI is InChI=1S/C16H22FN3O3/c17-12-4-2-11(3-5-12)15(21)19-8-1-9-20-16(22)14-7-6-13(10-18)23-14/h2-5,13-14H,1,6-10,18H2,(H,19,21)(H,20,22)/t13-,14+/m1/s1. The lowest BCUT2D eigenvalue weighted by Gasteiger charge is -2.12. The topological polar surface area (TPSA) is 93.5 Å². The highest BCUT2D eigenvalue weighted by molar-refractivity contribution is 5.94. The first-order valence-corrected chi connectivity index (χ1v) is 7.77. The molecule has 1 saturated heterocycles. The van der Waals surface area contributed by atoms with Gasteiger partial charge >= 0.3 is 0 Å². The highest BCUT2D eigenvalue weighted by atomic mass is 19.1. The molecule has 1 fully saturated rings. The molecule has 1 heterocycles. The van der Waals surface area contributed by atoms with Gasteiger partial charge in [-0.2, -0.15) is 0 Å². The molecule has 1 aromatic carbocycles. The van der Waals surface area contributed by atoms with Gasteiger partial charge in [-0.05, 0) is 43.5 Å². The van der Waals surface area contributed by atoms with Gasteiger partial charge in [0.05, 0.1) is 6.10 Å². The van der Waals surface area contributed by atoms with E-state index in [-0.39, 0.29) is 23.7 Å². The number of carbonyl (C=O) groups excluding carboxylic acids is 2. The fourth-order valence-electron chi connectivity index (χ4n) is 2.39. The molecule has 1 aliphatic rings. The Hall–Kier alpha value is -1.99. The number of nitrogens with one attached hydrogen (secondary N) is 2. The van der Waals surface area contributed by atoms with Crippen molar-refractivity contribution in [1.82, 2.24) is 10.6 Å². The van der Waals surface area contributed by atoms with Crippen LogP contribution in [0.15, 0.2) is 24.3 Å². The Morgan fingerprint density at radius 3 is 2.52 bits per heavy atom. The average Bonchev–Trinajstić information content (AvgIpc) is 3.04. The van der Waals surface area contributed by atoms with Gasteiger partial charge < -0.3 is 21.1 Å². The summed E-state index contributed by atoms with van der Waals surface area (Å²) in [4.78, 5) is 23.6. The lowest BCUT2D eigenvalue weighted by Crippen LogP contribution is -2.37. The predicted molar refractivity (Wildman–Crippen MR) is 83.3 cm³/mol. The number of rotatable bonds is 7. The van der Waals surface area contributed by atoms with Gasteiger partial charge in [-0.25, -0.2) is 4.39 Å². The first kappa shape index (κ1) is 17.4. The molecule has 0 unspecified atom stereocenters. The van der Waals surface area contributed by atoms with Crippen molar-refractivity contribution in [3.8, 4) is 0 Å². The van der Waals surface area contributed by atoms with Crippen molar-refractivity contribution in [1.29, 1.82) is 0 Å². The Bertz CT molecular complexity index is 536. The van der Waals surface area contributed by atoms with E-state index in [9.17, 15) is 14.0 Å². The zero-order valence-electron chi connectivity index (χ0n) is 12.9. The van der Waals surface area contributed by atoms with Crippen molar-refractivity contribution in [2.75, 3.05) is 19.6 Å². The summed E-state index contributed by atoms with van der Waals surface area (Å²) in [5, 5.41) is 5.50. The van der Waals surface area contributed by atoms with Crippen LogP contribution >= 0.6 is 0 Å². The van der Waals surface area contributed by atoms with Crippen molar-refractivity contribution >= 4 is 11.8 Å². The summed E-state index contributed by atoms with van der Waals surface area (Å²) in [5.74, 6) is -0.776. The molecule has 0 radical (unpaired) electrons. The number of halogens is 1. The third-order valence-electron chi connectivity index (χ3n) is 3.71. The molecule has 2 atom stereocenters. The molecule has 1 aliphatic heterocycles. The van der Waals surface area contributed by atoms with Crippen LogP contribution in [0.3, 0.4) is 0 Å². The summed E-state index contributed by atoms with van der Waals surface area (Å²) in [7, 11) is 0. The average molecular weight is 323 g/mol. The van der Waals surface area contributed by atoms with Gasteiger partial charge in [0, 0.05) is 25.2 Å². The Labute approximate surface area is 134 Å². The van der Waals surface area contributed by atoms with Crippen LogP contribution in [0, 0.1) is 5.82 Å². The van der Waals surface area contributed by atoms with Gasteiger partial charge in [0.15, 0.2) is 0 Å². The third-order valence-corrected chi connectivity index (χ3v) is 3.71. The molecule has 0 spiro atoms. The summed E-state index contributed by atoms with van der Waals surface area (Å²) in [5.41, 5.74) is 5.91. The minimum atomic E-state index is -0.419. The molecule has 7 heteroatoms. The second-order valence-corrected chi connectivity index (χ2v) is 5.47. The zero-order valence-corrected chi connectivity index (χ0v) is 12.9. The van der Waals surface area contributed by atoms with Crippen molar-refractivity contribution in [2.24, 2.45) is 5.73 Å². The molecule has 2 amide bonds. The van der Waals surface area contributed by atoms with Gasteiger partial charge in [0.1, 0.15) is 11.9 Å². The number of ether oxygens (including phenoxy) is 1. The van der Waals surface area contributed by atoms with Crippen LogP contribution in [0.5, 0.6) is 0 Å². The van der Waals surface area contributed by atoms with Crippen LogP contribution in [0.2, 0.25) is 0 Å². The fraction of sp³-hybridized carbons (Fsp3) is 0.500. The van der Waals surface area contributed by atoms with E-state index in [0.717, 1.165) is 6.42 Å². The van der Waals surface area contributed by atoms with Crippen LogP contribution in [0.4, 0.5) is 4.39 Å². The highest BCUT2D eigenvalue weighted by Crippen LogP contribution is 2.18. The normalized spacial score (nSPS) is 20.3.